The van der Waals surface area contributed by atoms with Crippen LogP contribution in [0.2, 0.25) is 0 Å². The van der Waals surface area contributed by atoms with Crippen LogP contribution in [0.4, 0.5) is 0 Å². The van der Waals surface area contributed by atoms with Gasteiger partial charge in [0.25, 0.3) is 5.91 Å². The van der Waals surface area contributed by atoms with Crippen molar-refractivity contribution in [1.82, 2.24) is 20.2 Å². The first-order valence-corrected chi connectivity index (χ1v) is 10.5. The first kappa shape index (κ1) is 20.4. The standard InChI is InChI=1S/C24H28N4O2/c1-17(2)23(28-10-12-30-13-11-28)16-26-24(29)20-14-22(18-6-5-9-25-15-18)27-21-8-4-3-7-19(20)21/h3-9,14-15,17,23H,10-13,16H2,1-2H3,(H,26,29). The molecule has 3 aromatic rings. The monoisotopic (exact) mass is 404 g/mol. The summed E-state index contributed by atoms with van der Waals surface area (Å²) < 4.78 is 5.49. The Bertz CT molecular complexity index is 1000. The van der Waals surface area contributed by atoms with Crippen LogP contribution in [-0.4, -0.2) is 59.7 Å². The molecule has 0 aliphatic carbocycles. The van der Waals surface area contributed by atoms with Crippen molar-refractivity contribution >= 4 is 16.8 Å². The number of fused-ring (bicyclic) bond motifs is 1. The number of nitrogens with one attached hydrogen (secondary N) is 1. The molecule has 1 aliphatic rings. The van der Waals surface area contributed by atoms with E-state index in [0.717, 1.165) is 48.5 Å². The molecule has 0 spiro atoms. The lowest BCUT2D eigenvalue weighted by atomic mass is 10.0. The van der Waals surface area contributed by atoms with E-state index in [1.54, 1.807) is 12.4 Å². The van der Waals surface area contributed by atoms with E-state index in [4.69, 9.17) is 9.72 Å². The summed E-state index contributed by atoms with van der Waals surface area (Å²) in [6, 6.07) is 13.8. The number of carbonyl (C=O) groups is 1. The first-order valence-electron chi connectivity index (χ1n) is 10.5. The highest BCUT2D eigenvalue weighted by atomic mass is 16.5. The number of pyridine rings is 2. The number of ether oxygens (including phenoxy) is 1. The van der Waals surface area contributed by atoms with E-state index in [1.807, 2.05) is 42.5 Å². The SMILES string of the molecule is CC(C)C(CNC(=O)c1cc(-c2cccnc2)nc2ccccc12)N1CCOCC1. The molecule has 30 heavy (non-hydrogen) atoms. The lowest BCUT2D eigenvalue weighted by Crippen LogP contribution is -2.51. The predicted molar refractivity (Wildman–Crippen MR) is 118 cm³/mol. The Labute approximate surface area is 177 Å². The topological polar surface area (TPSA) is 67.4 Å². The number of amides is 1. The average molecular weight is 405 g/mol. The molecular formula is C24H28N4O2. The minimum absolute atomic E-state index is 0.0716. The van der Waals surface area contributed by atoms with Gasteiger partial charge in [0, 0.05) is 49.0 Å². The van der Waals surface area contributed by atoms with Crippen LogP contribution in [0.1, 0.15) is 24.2 Å². The number of hydrogen-bond acceptors (Lipinski definition) is 5. The molecule has 1 atom stereocenters. The van der Waals surface area contributed by atoms with Crippen molar-refractivity contribution in [3.05, 3.63) is 60.4 Å². The number of rotatable bonds is 6. The smallest absolute Gasteiger partial charge is 0.252 e. The van der Waals surface area contributed by atoms with Gasteiger partial charge in [-0.25, -0.2) is 4.98 Å². The summed E-state index contributed by atoms with van der Waals surface area (Å²) in [6.07, 6.45) is 3.50. The molecule has 1 aliphatic heterocycles. The molecular weight excluding hydrogens is 376 g/mol. The number of carbonyl (C=O) groups excluding carboxylic acids is 1. The van der Waals surface area contributed by atoms with Crippen LogP contribution in [0.15, 0.2) is 54.9 Å². The van der Waals surface area contributed by atoms with Crippen molar-refractivity contribution < 1.29 is 9.53 Å². The minimum atomic E-state index is -0.0716. The molecule has 1 amide bonds. The number of benzene rings is 1. The Hall–Kier alpha value is -2.83. The quantitative estimate of drug-likeness (QED) is 0.682. The lowest BCUT2D eigenvalue weighted by Gasteiger charge is -2.37. The van der Waals surface area contributed by atoms with Gasteiger partial charge in [-0.05, 0) is 30.2 Å². The third kappa shape index (κ3) is 4.50. The highest BCUT2D eigenvalue weighted by Crippen LogP contribution is 2.24. The number of hydrogen-bond donors (Lipinski definition) is 1. The maximum absolute atomic E-state index is 13.3. The van der Waals surface area contributed by atoms with Gasteiger partial charge in [-0.1, -0.05) is 32.0 Å². The Morgan fingerprint density at radius 3 is 2.70 bits per heavy atom. The Morgan fingerprint density at radius 1 is 1.17 bits per heavy atom. The predicted octanol–water partition coefficient (Wildman–Crippen LogP) is 3.38. The van der Waals surface area contributed by atoms with Crippen LogP contribution in [0.5, 0.6) is 0 Å². The summed E-state index contributed by atoms with van der Waals surface area (Å²) in [4.78, 5) is 24.6. The zero-order chi connectivity index (χ0) is 20.9. The number of morpholine rings is 1. The molecule has 1 fully saturated rings. The second kappa shape index (κ2) is 9.32. The van der Waals surface area contributed by atoms with Crippen LogP contribution in [0, 0.1) is 5.92 Å². The van der Waals surface area contributed by atoms with E-state index in [2.05, 4.69) is 29.0 Å². The lowest BCUT2D eigenvalue weighted by molar-refractivity contribution is 0.00673. The average Bonchev–Trinajstić information content (AvgIpc) is 2.79. The highest BCUT2D eigenvalue weighted by molar-refractivity contribution is 6.07. The molecule has 6 heteroatoms. The normalized spacial score (nSPS) is 16.0. The molecule has 0 radical (unpaired) electrons. The van der Waals surface area contributed by atoms with Crippen molar-refractivity contribution in [2.75, 3.05) is 32.8 Å². The van der Waals surface area contributed by atoms with Gasteiger partial charge in [-0.2, -0.15) is 0 Å². The fourth-order valence-electron chi connectivity index (χ4n) is 4.01. The summed E-state index contributed by atoms with van der Waals surface area (Å²) in [7, 11) is 0. The van der Waals surface area contributed by atoms with E-state index in [1.165, 1.54) is 0 Å². The Morgan fingerprint density at radius 2 is 1.97 bits per heavy atom. The minimum Gasteiger partial charge on any atom is -0.379 e. The van der Waals surface area contributed by atoms with E-state index >= 15 is 0 Å². The zero-order valence-electron chi connectivity index (χ0n) is 17.5. The third-order valence-electron chi connectivity index (χ3n) is 5.67. The van der Waals surface area contributed by atoms with Crippen molar-refractivity contribution in [3.63, 3.8) is 0 Å². The second-order valence-corrected chi connectivity index (χ2v) is 7.98. The molecule has 3 heterocycles. The molecule has 156 valence electrons. The van der Waals surface area contributed by atoms with Crippen LogP contribution in [-0.2, 0) is 4.74 Å². The van der Waals surface area contributed by atoms with Gasteiger partial charge in [-0.15, -0.1) is 0 Å². The third-order valence-corrected chi connectivity index (χ3v) is 5.67. The fraction of sp³-hybridized carbons (Fsp3) is 0.375. The van der Waals surface area contributed by atoms with Gasteiger partial charge in [0.1, 0.15) is 0 Å². The van der Waals surface area contributed by atoms with Gasteiger partial charge in [0.2, 0.25) is 0 Å². The molecule has 0 bridgehead atoms. The van der Waals surface area contributed by atoms with Gasteiger partial charge in [-0.3, -0.25) is 14.7 Å². The van der Waals surface area contributed by atoms with Gasteiger partial charge in [0.15, 0.2) is 0 Å². The van der Waals surface area contributed by atoms with Crippen LogP contribution in [0.3, 0.4) is 0 Å². The van der Waals surface area contributed by atoms with Gasteiger partial charge >= 0.3 is 0 Å². The highest BCUT2D eigenvalue weighted by Gasteiger charge is 2.25. The first-order chi connectivity index (χ1) is 14.6. The maximum atomic E-state index is 13.3. The van der Waals surface area contributed by atoms with E-state index in [0.29, 0.717) is 18.0 Å². The molecule has 1 saturated heterocycles. The van der Waals surface area contributed by atoms with Gasteiger partial charge in [0.05, 0.1) is 30.0 Å². The van der Waals surface area contributed by atoms with E-state index in [9.17, 15) is 4.79 Å². The second-order valence-electron chi connectivity index (χ2n) is 7.98. The Kier molecular flexibility index (Phi) is 6.35. The fourth-order valence-corrected chi connectivity index (χ4v) is 4.01. The molecule has 2 aromatic heterocycles. The number of nitrogens with zero attached hydrogens (tertiary/aromatic N) is 3. The van der Waals surface area contributed by atoms with E-state index in [-0.39, 0.29) is 11.9 Å². The van der Waals surface area contributed by atoms with Crippen LogP contribution >= 0.6 is 0 Å². The van der Waals surface area contributed by atoms with Crippen molar-refractivity contribution in [2.45, 2.75) is 19.9 Å². The van der Waals surface area contributed by atoms with E-state index < -0.39 is 0 Å². The summed E-state index contributed by atoms with van der Waals surface area (Å²) in [5, 5.41) is 4.04. The largest absolute Gasteiger partial charge is 0.379 e. The molecule has 6 nitrogen and oxygen atoms in total. The number of aromatic nitrogens is 2. The molecule has 1 N–H and O–H groups in total. The summed E-state index contributed by atoms with van der Waals surface area (Å²) in [6.45, 7) is 8.32. The molecule has 1 unspecified atom stereocenters. The summed E-state index contributed by atoms with van der Waals surface area (Å²) in [5.74, 6) is 0.362. The maximum Gasteiger partial charge on any atom is 0.252 e. The van der Waals surface area contributed by atoms with Crippen molar-refractivity contribution in [1.29, 1.82) is 0 Å². The van der Waals surface area contributed by atoms with Gasteiger partial charge < -0.3 is 10.1 Å². The molecule has 0 saturated carbocycles. The Balaban J connectivity index is 1.60. The zero-order valence-corrected chi connectivity index (χ0v) is 17.5. The summed E-state index contributed by atoms with van der Waals surface area (Å²) in [5.41, 5.74) is 3.09. The van der Waals surface area contributed by atoms with Crippen molar-refractivity contribution in [3.8, 4) is 11.3 Å². The number of para-hydroxylation sites is 1. The molecule has 1 aromatic carbocycles. The van der Waals surface area contributed by atoms with Crippen LogP contribution < -0.4 is 5.32 Å². The molecule has 4 rings (SSSR count). The van der Waals surface area contributed by atoms with Crippen LogP contribution in [0.25, 0.3) is 22.2 Å². The summed E-state index contributed by atoms with van der Waals surface area (Å²) >= 11 is 0. The van der Waals surface area contributed by atoms with Crippen molar-refractivity contribution in [2.24, 2.45) is 5.92 Å².